The Kier molecular flexibility index (Phi) is 7.88. The molecule has 164 valence electrons. The molecule has 0 radical (unpaired) electrons. The second-order valence-corrected chi connectivity index (χ2v) is 9.05. The van der Waals surface area contributed by atoms with Gasteiger partial charge >= 0.3 is 5.97 Å². The third-order valence-corrected chi connectivity index (χ3v) is 6.50. The fraction of sp³-hybridized carbons (Fsp3) is 0.346. The summed E-state index contributed by atoms with van der Waals surface area (Å²) in [6.45, 7) is 9.21. The largest absolute Gasteiger partial charge is 0.488 e. The number of thiophene rings is 1. The van der Waals surface area contributed by atoms with Crippen molar-refractivity contribution in [1.29, 1.82) is 0 Å². The molecular formula is C26H30O4S. The molecule has 0 spiro atoms. The van der Waals surface area contributed by atoms with Crippen LogP contribution in [0.4, 0.5) is 0 Å². The molecule has 0 saturated carbocycles. The number of ether oxygens (including phenoxy) is 2. The summed E-state index contributed by atoms with van der Waals surface area (Å²) in [4.78, 5) is 13.7. The van der Waals surface area contributed by atoms with E-state index in [4.69, 9.17) is 9.47 Å². The number of aryl methyl sites for hydroxylation is 1. The molecule has 31 heavy (non-hydrogen) atoms. The van der Waals surface area contributed by atoms with Gasteiger partial charge in [-0.15, -0.1) is 11.3 Å². The fourth-order valence-electron chi connectivity index (χ4n) is 3.34. The van der Waals surface area contributed by atoms with Crippen LogP contribution in [0.15, 0.2) is 54.6 Å². The van der Waals surface area contributed by atoms with Crippen LogP contribution in [0.2, 0.25) is 0 Å². The van der Waals surface area contributed by atoms with Crippen LogP contribution >= 0.6 is 11.3 Å². The molecule has 1 aromatic heterocycles. The van der Waals surface area contributed by atoms with Crippen molar-refractivity contribution in [3.05, 3.63) is 76.2 Å². The van der Waals surface area contributed by atoms with Crippen LogP contribution in [0.1, 0.15) is 48.3 Å². The van der Waals surface area contributed by atoms with Crippen LogP contribution in [0.5, 0.6) is 5.75 Å². The van der Waals surface area contributed by atoms with Gasteiger partial charge in [-0.1, -0.05) is 50.2 Å². The van der Waals surface area contributed by atoms with Crippen molar-refractivity contribution in [2.45, 2.75) is 52.7 Å². The number of rotatable bonds is 10. The highest BCUT2D eigenvalue weighted by molar-refractivity contribution is 7.15. The highest BCUT2D eigenvalue weighted by Gasteiger charge is 2.18. The Morgan fingerprint density at radius 1 is 1.06 bits per heavy atom. The Morgan fingerprint density at radius 2 is 1.74 bits per heavy atom. The number of aliphatic carboxylic acids is 1. The van der Waals surface area contributed by atoms with Crippen molar-refractivity contribution < 1.29 is 19.4 Å². The molecule has 5 heteroatoms. The van der Waals surface area contributed by atoms with Crippen LogP contribution in [0.3, 0.4) is 0 Å². The highest BCUT2D eigenvalue weighted by atomic mass is 32.1. The molecule has 0 aliphatic carbocycles. The number of carbonyl (C=O) groups is 1. The van der Waals surface area contributed by atoms with E-state index in [2.05, 4.69) is 51.1 Å². The normalized spacial score (nSPS) is 12.2. The van der Waals surface area contributed by atoms with E-state index in [1.165, 1.54) is 26.4 Å². The molecule has 0 amide bonds. The summed E-state index contributed by atoms with van der Waals surface area (Å²) < 4.78 is 11.3. The zero-order valence-corrected chi connectivity index (χ0v) is 19.4. The first kappa shape index (κ1) is 23.0. The lowest BCUT2D eigenvalue weighted by Gasteiger charge is -2.13. The number of hydrogen-bond acceptors (Lipinski definition) is 4. The first-order valence-corrected chi connectivity index (χ1v) is 11.4. The fourth-order valence-corrected chi connectivity index (χ4v) is 4.43. The summed E-state index contributed by atoms with van der Waals surface area (Å²) in [5.41, 5.74) is 4.72. The molecule has 4 nitrogen and oxygen atoms in total. The third-order valence-electron chi connectivity index (χ3n) is 5.24. The lowest BCUT2D eigenvalue weighted by molar-refractivity contribution is -0.149. The first-order chi connectivity index (χ1) is 14.9. The van der Waals surface area contributed by atoms with Gasteiger partial charge in [-0.25, -0.2) is 4.79 Å². The predicted octanol–water partition coefficient (Wildman–Crippen LogP) is 6.46. The minimum absolute atomic E-state index is 0.340. The maximum Gasteiger partial charge on any atom is 0.333 e. The maximum absolute atomic E-state index is 11.3. The van der Waals surface area contributed by atoms with Gasteiger partial charge in [0.15, 0.2) is 6.10 Å². The van der Waals surface area contributed by atoms with Gasteiger partial charge in [0.2, 0.25) is 0 Å². The van der Waals surface area contributed by atoms with Crippen LogP contribution in [0, 0.1) is 6.92 Å². The van der Waals surface area contributed by atoms with Crippen LogP contribution < -0.4 is 4.74 Å². The van der Waals surface area contributed by atoms with E-state index >= 15 is 0 Å². The van der Waals surface area contributed by atoms with Crippen molar-refractivity contribution in [3.63, 3.8) is 0 Å². The molecule has 0 aliphatic rings. The van der Waals surface area contributed by atoms with Gasteiger partial charge in [-0.3, -0.25) is 0 Å². The van der Waals surface area contributed by atoms with E-state index < -0.39 is 12.1 Å². The van der Waals surface area contributed by atoms with E-state index in [9.17, 15) is 9.90 Å². The van der Waals surface area contributed by atoms with Crippen molar-refractivity contribution in [1.82, 2.24) is 0 Å². The molecule has 1 heterocycles. The maximum atomic E-state index is 11.3. The summed E-state index contributed by atoms with van der Waals surface area (Å²) in [7, 11) is 0. The van der Waals surface area contributed by atoms with Gasteiger partial charge in [0.1, 0.15) is 12.4 Å². The lowest BCUT2D eigenvalue weighted by Crippen LogP contribution is -2.26. The van der Waals surface area contributed by atoms with E-state index in [0.29, 0.717) is 25.6 Å². The van der Waals surface area contributed by atoms with Gasteiger partial charge in [0, 0.05) is 22.8 Å². The lowest BCUT2D eigenvalue weighted by atomic mass is 10.0. The van der Waals surface area contributed by atoms with Crippen LogP contribution in [-0.4, -0.2) is 23.8 Å². The number of carboxylic acids is 1. The molecule has 3 rings (SSSR count). The van der Waals surface area contributed by atoms with Crippen LogP contribution in [0.25, 0.3) is 10.4 Å². The highest BCUT2D eigenvalue weighted by Crippen LogP contribution is 2.33. The smallest absolute Gasteiger partial charge is 0.333 e. The van der Waals surface area contributed by atoms with E-state index in [0.717, 1.165) is 11.3 Å². The molecule has 0 saturated heterocycles. The molecule has 3 aromatic rings. The van der Waals surface area contributed by atoms with Crippen LogP contribution in [-0.2, 0) is 22.6 Å². The minimum Gasteiger partial charge on any atom is -0.488 e. The SMILES string of the molecule is CCO[C@@H](Cc1ccc(OCc2sc(-c3ccc(C(C)C)cc3)cc2C)cc1)C(=O)O. The van der Waals surface area contributed by atoms with Crippen molar-refractivity contribution in [2.24, 2.45) is 0 Å². The van der Waals surface area contributed by atoms with E-state index in [1.54, 1.807) is 18.3 Å². The average Bonchev–Trinajstić information content (AvgIpc) is 3.13. The molecule has 1 N–H and O–H groups in total. The van der Waals surface area contributed by atoms with Gasteiger partial charge in [0.05, 0.1) is 0 Å². The Bertz CT molecular complexity index is 987. The summed E-state index contributed by atoms with van der Waals surface area (Å²) in [5, 5.41) is 9.23. The molecular weight excluding hydrogens is 408 g/mol. The minimum atomic E-state index is -0.940. The predicted molar refractivity (Wildman–Crippen MR) is 126 cm³/mol. The Hall–Kier alpha value is -2.63. The van der Waals surface area contributed by atoms with E-state index in [-0.39, 0.29) is 0 Å². The van der Waals surface area contributed by atoms with Crippen molar-refractivity contribution >= 4 is 17.3 Å². The van der Waals surface area contributed by atoms with Gasteiger partial charge in [-0.2, -0.15) is 0 Å². The standard InChI is InChI=1S/C26H30O4S/c1-5-29-23(26(27)28)15-19-6-12-22(13-7-19)30-16-25-18(4)14-24(31-25)21-10-8-20(9-11-21)17(2)3/h6-14,17,23H,5,15-16H2,1-4H3,(H,27,28)/t23-/m0/s1. The first-order valence-electron chi connectivity index (χ1n) is 10.6. The second kappa shape index (κ2) is 10.6. The molecule has 0 aliphatic heterocycles. The molecule has 0 fully saturated rings. The van der Waals surface area contributed by atoms with Gasteiger partial charge in [0.25, 0.3) is 0 Å². The Morgan fingerprint density at radius 3 is 2.32 bits per heavy atom. The number of benzene rings is 2. The average molecular weight is 439 g/mol. The topological polar surface area (TPSA) is 55.8 Å². The van der Waals surface area contributed by atoms with Crippen molar-refractivity contribution in [2.75, 3.05) is 6.61 Å². The monoisotopic (exact) mass is 438 g/mol. The Labute approximate surface area is 188 Å². The quantitative estimate of drug-likeness (QED) is 0.395. The summed E-state index contributed by atoms with van der Waals surface area (Å²) in [5.74, 6) is 0.358. The molecule has 0 unspecified atom stereocenters. The molecule has 1 atom stereocenters. The van der Waals surface area contributed by atoms with Crippen molar-refractivity contribution in [3.8, 4) is 16.2 Å². The number of hydrogen-bond donors (Lipinski definition) is 1. The van der Waals surface area contributed by atoms with Gasteiger partial charge < -0.3 is 14.6 Å². The summed E-state index contributed by atoms with van der Waals surface area (Å²) >= 11 is 1.76. The van der Waals surface area contributed by atoms with Gasteiger partial charge in [-0.05, 0) is 60.2 Å². The summed E-state index contributed by atoms with van der Waals surface area (Å²) in [6.07, 6.45) is -0.481. The summed E-state index contributed by atoms with van der Waals surface area (Å²) in [6, 6.07) is 18.6. The zero-order chi connectivity index (χ0) is 22.4. The molecule has 2 aromatic carbocycles. The second-order valence-electron chi connectivity index (χ2n) is 7.91. The number of carboxylic acid groups (broad SMARTS) is 1. The third kappa shape index (κ3) is 6.18. The molecule has 0 bridgehead atoms. The van der Waals surface area contributed by atoms with E-state index in [1.807, 2.05) is 24.3 Å². The zero-order valence-electron chi connectivity index (χ0n) is 18.6. The Balaban J connectivity index is 1.62.